The summed E-state index contributed by atoms with van der Waals surface area (Å²) in [7, 11) is 5.02. The van der Waals surface area contributed by atoms with E-state index in [0.29, 0.717) is 0 Å². The molecule has 0 aromatic carbocycles. The highest BCUT2D eigenvalue weighted by atomic mass is 19.4. The summed E-state index contributed by atoms with van der Waals surface area (Å²) < 4.78 is 35.7. The third-order valence-electron chi connectivity index (χ3n) is 1.11. The molecule has 1 rings (SSSR count). The minimum Gasteiger partial charge on any atom is -0.252 e. The number of aromatic nitrogens is 1. The van der Waals surface area contributed by atoms with Crippen LogP contribution in [0.3, 0.4) is 0 Å². The van der Waals surface area contributed by atoms with Crippen LogP contribution in [0, 0.1) is 0 Å². The largest absolute Gasteiger partial charge is 0.432 e. The molecule has 0 fully saturated rings. The van der Waals surface area contributed by atoms with Gasteiger partial charge in [-0.1, -0.05) is 11.5 Å². The van der Waals surface area contributed by atoms with Crippen molar-refractivity contribution in [1.29, 1.82) is 0 Å². The van der Waals surface area contributed by atoms with E-state index in [1.165, 1.54) is 6.07 Å². The van der Waals surface area contributed by atoms with Gasteiger partial charge < -0.3 is 0 Å². The van der Waals surface area contributed by atoms with Gasteiger partial charge in [-0.2, -0.15) is 13.2 Å². The fraction of sp³-hybridized carbons (Fsp3) is 0.167. The van der Waals surface area contributed by atoms with Gasteiger partial charge in [0.15, 0.2) is 0 Å². The Morgan fingerprint density at radius 3 is 2.36 bits per heavy atom. The van der Waals surface area contributed by atoms with Crippen molar-refractivity contribution in [1.82, 2.24) is 4.98 Å². The Kier molecular flexibility index (Phi) is 1.89. The Hall–Kier alpha value is -0.995. The standard InChI is InChI=1S/C6H3BF3N/c7-4-2-1-3-11-5(4)6(8,9)10/h1-3H. The summed E-state index contributed by atoms with van der Waals surface area (Å²) >= 11 is 0. The number of hydrogen-bond donors (Lipinski definition) is 0. The maximum absolute atomic E-state index is 11.9. The first kappa shape index (κ1) is 8.10. The van der Waals surface area contributed by atoms with E-state index in [9.17, 15) is 13.2 Å². The van der Waals surface area contributed by atoms with Crippen molar-refractivity contribution < 1.29 is 13.2 Å². The summed E-state index contributed by atoms with van der Waals surface area (Å²) in [6, 6.07) is 2.51. The molecule has 1 aromatic heterocycles. The Morgan fingerprint density at radius 2 is 2.00 bits per heavy atom. The zero-order valence-electron chi connectivity index (χ0n) is 5.39. The fourth-order valence-electron chi connectivity index (χ4n) is 0.655. The maximum Gasteiger partial charge on any atom is 0.432 e. The monoisotopic (exact) mass is 157 g/mol. The highest BCUT2D eigenvalue weighted by Crippen LogP contribution is 2.25. The van der Waals surface area contributed by atoms with Crippen LogP contribution in [0.2, 0.25) is 0 Å². The average Bonchev–Trinajstić information content (AvgIpc) is 1.86. The Bertz CT molecular complexity index is 258. The molecular weight excluding hydrogens is 154 g/mol. The minimum atomic E-state index is -4.45. The summed E-state index contributed by atoms with van der Waals surface area (Å²) in [5.41, 5.74) is -1.38. The zero-order valence-corrected chi connectivity index (χ0v) is 5.39. The van der Waals surface area contributed by atoms with E-state index in [1.807, 2.05) is 0 Å². The van der Waals surface area contributed by atoms with E-state index >= 15 is 0 Å². The fourth-order valence-corrected chi connectivity index (χ4v) is 0.655. The van der Waals surface area contributed by atoms with Crippen molar-refractivity contribution in [3.8, 4) is 0 Å². The van der Waals surface area contributed by atoms with E-state index in [1.54, 1.807) is 0 Å². The lowest BCUT2D eigenvalue weighted by atomic mass is 9.94. The Morgan fingerprint density at radius 1 is 1.36 bits per heavy atom. The van der Waals surface area contributed by atoms with Crippen molar-refractivity contribution in [3.63, 3.8) is 0 Å². The summed E-state index contributed by atoms with van der Waals surface area (Å²) in [5.74, 6) is 0. The van der Waals surface area contributed by atoms with Crippen molar-refractivity contribution in [2.45, 2.75) is 6.18 Å². The van der Waals surface area contributed by atoms with Crippen molar-refractivity contribution in [2.24, 2.45) is 0 Å². The van der Waals surface area contributed by atoms with Gasteiger partial charge in [0.25, 0.3) is 0 Å². The smallest absolute Gasteiger partial charge is 0.252 e. The van der Waals surface area contributed by atoms with Crippen molar-refractivity contribution in [3.05, 3.63) is 24.0 Å². The average molecular weight is 157 g/mol. The number of rotatable bonds is 0. The maximum atomic E-state index is 11.9. The van der Waals surface area contributed by atoms with Gasteiger partial charge in [0.2, 0.25) is 0 Å². The lowest BCUT2D eigenvalue weighted by molar-refractivity contribution is -0.140. The molecule has 0 bridgehead atoms. The summed E-state index contributed by atoms with van der Waals surface area (Å²) in [5, 5.41) is 0. The van der Waals surface area contributed by atoms with Gasteiger partial charge in [-0.3, -0.25) is 4.98 Å². The van der Waals surface area contributed by atoms with Crippen LogP contribution >= 0.6 is 0 Å². The Labute approximate surface area is 62.7 Å². The molecule has 0 atom stereocenters. The third kappa shape index (κ3) is 1.72. The van der Waals surface area contributed by atoms with Gasteiger partial charge in [-0.05, 0) is 6.07 Å². The third-order valence-corrected chi connectivity index (χ3v) is 1.11. The predicted molar refractivity (Wildman–Crippen MR) is 34.6 cm³/mol. The highest BCUT2D eigenvalue weighted by Gasteiger charge is 2.33. The molecular formula is C6H3BF3N. The molecule has 56 valence electrons. The van der Waals surface area contributed by atoms with Gasteiger partial charge in [-0.25, -0.2) is 0 Å². The molecule has 1 nitrogen and oxygen atoms in total. The van der Waals surface area contributed by atoms with Crippen LogP contribution in [0.5, 0.6) is 0 Å². The molecule has 0 spiro atoms. The van der Waals surface area contributed by atoms with Crippen LogP contribution in [0.4, 0.5) is 13.2 Å². The lowest BCUT2D eigenvalue weighted by Crippen LogP contribution is -2.21. The van der Waals surface area contributed by atoms with Crippen LogP contribution in [0.25, 0.3) is 0 Å². The van der Waals surface area contributed by atoms with Crippen LogP contribution in [0.15, 0.2) is 18.3 Å². The van der Waals surface area contributed by atoms with Crippen molar-refractivity contribution in [2.75, 3.05) is 0 Å². The quantitative estimate of drug-likeness (QED) is 0.509. The second kappa shape index (κ2) is 2.56. The molecule has 0 aliphatic heterocycles. The van der Waals surface area contributed by atoms with Gasteiger partial charge in [0, 0.05) is 6.20 Å². The van der Waals surface area contributed by atoms with E-state index in [-0.39, 0.29) is 5.46 Å². The summed E-state index contributed by atoms with van der Waals surface area (Å²) in [6.07, 6.45) is -3.40. The van der Waals surface area contributed by atoms with E-state index in [2.05, 4.69) is 4.98 Å². The molecule has 0 unspecified atom stereocenters. The van der Waals surface area contributed by atoms with E-state index in [0.717, 1.165) is 12.3 Å². The molecule has 0 aliphatic rings. The molecule has 11 heavy (non-hydrogen) atoms. The molecule has 0 amide bonds. The van der Waals surface area contributed by atoms with Crippen LogP contribution in [-0.2, 0) is 6.18 Å². The van der Waals surface area contributed by atoms with Crippen LogP contribution < -0.4 is 5.46 Å². The lowest BCUT2D eigenvalue weighted by Gasteiger charge is -2.07. The topological polar surface area (TPSA) is 12.9 Å². The molecule has 2 radical (unpaired) electrons. The summed E-state index contributed by atoms with van der Waals surface area (Å²) in [4.78, 5) is 3.10. The second-order valence-corrected chi connectivity index (χ2v) is 1.94. The predicted octanol–water partition coefficient (Wildman–Crippen LogP) is 0.894. The Balaban J connectivity index is 3.14. The molecule has 0 saturated carbocycles. The van der Waals surface area contributed by atoms with Crippen molar-refractivity contribution >= 4 is 13.3 Å². The molecule has 0 N–H and O–H groups in total. The summed E-state index contributed by atoms with van der Waals surface area (Å²) in [6.45, 7) is 0. The first-order valence-electron chi connectivity index (χ1n) is 2.79. The van der Waals surface area contributed by atoms with E-state index in [4.69, 9.17) is 7.85 Å². The normalized spacial score (nSPS) is 11.5. The van der Waals surface area contributed by atoms with Gasteiger partial charge in [-0.15, -0.1) is 0 Å². The first-order chi connectivity index (χ1) is 5.02. The van der Waals surface area contributed by atoms with Gasteiger partial charge >= 0.3 is 6.18 Å². The van der Waals surface area contributed by atoms with Crippen LogP contribution in [0.1, 0.15) is 5.69 Å². The number of halogens is 3. The number of hydrogen-bond acceptors (Lipinski definition) is 1. The zero-order chi connectivity index (χ0) is 8.48. The number of alkyl halides is 3. The van der Waals surface area contributed by atoms with E-state index < -0.39 is 11.9 Å². The minimum absolute atomic E-state index is 0.347. The number of nitrogens with zero attached hydrogens (tertiary/aromatic N) is 1. The molecule has 0 aliphatic carbocycles. The van der Waals surface area contributed by atoms with Gasteiger partial charge in [0.05, 0.1) is 0 Å². The first-order valence-corrected chi connectivity index (χ1v) is 2.79. The molecule has 5 heteroatoms. The highest BCUT2D eigenvalue weighted by molar-refractivity contribution is 6.33. The molecule has 1 aromatic rings. The molecule has 1 heterocycles. The van der Waals surface area contributed by atoms with Crippen LogP contribution in [-0.4, -0.2) is 12.8 Å². The van der Waals surface area contributed by atoms with Gasteiger partial charge in [0.1, 0.15) is 13.5 Å². The molecule has 0 saturated heterocycles. The number of pyridine rings is 1. The SMILES string of the molecule is [B]c1cccnc1C(F)(F)F. The second-order valence-electron chi connectivity index (χ2n) is 1.94.